The molecule has 0 radical (unpaired) electrons. The van der Waals surface area contributed by atoms with Crippen molar-refractivity contribution in [3.8, 4) is 17.2 Å². The standard InChI is InChI=1S/C23H25NO5/c1-4-12-28-19-14-17-15-24(16-25)11-10-23(8-6-18(26)7-9-23)20(17)22(21(19)27-3)29-13-5-2/h4-9,14,16H,1-2,10-13,15H2,3H3. The highest BCUT2D eigenvalue weighted by atomic mass is 16.5. The van der Waals surface area contributed by atoms with Gasteiger partial charge in [0, 0.05) is 24.1 Å². The molecule has 1 aliphatic carbocycles. The highest BCUT2D eigenvalue weighted by Gasteiger charge is 2.39. The molecule has 1 heterocycles. The van der Waals surface area contributed by atoms with E-state index in [4.69, 9.17) is 14.2 Å². The molecule has 1 aromatic rings. The van der Waals surface area contributed by atoms with Crippen LogP contribution in [0.5, 0.6) is 17.2 Å². The lowest BCUT2D eigenvalue weighted by Crippen LogP contribution is -2.28. The average Bonchev–Trinajstić information content (AvgIpc) is 2.89. The Bertz CT molecular complexity index is 868. The molecule has 29 heavy (non-hydrogen) atoms. The van der Waals surface area contributed by atoms with Crippen molar-refractivity contribution in [2.45, 2.75) is 18.4 Å². The molecule has 0 unspecified atom stereocenters. The Labute approximate surface area is 170 Å². The maximum atomic E-state index is 11.8. The van der Waals surface area contributed by atoms with Crippen LogP contribution in [0.25, 0.3) is 0 Å². The van der Waals surface area contributed by atoms with Crippen LogP contribution >= 0.6 is 0 Å². The Morgan fingerprint density at radius 2 is 1.83 bits per heavy atom. The summed E-state index contributed by atoms with van der Waals surface area (Å²) in [6.07, 6.45) is 11.6. The molecule has 0 N–H and O–H groups in total. The first-order valence-corrected chi connectivity index (χ1v) is 9.42. The van der Waals surface area contributed by atoms with E-state index in [1.54, 1.807) is 36.3 Å². The number of rotatable bonds is 8. The van der Waals surface area contributed by atoms with Gasteiger partial charge in [-0.25, -0.2) is 0 Å². The summed E-state index contributed by atoms with van der Waals surface area (Å²) in [5, 5.41) is 0. The van der Waals surface area contributed by atoms with Gasteiger partial charge in [-0.3, -0.25) is 9.59 Å². The van der Waals surface area contributed by atoms with Gasteiger partial charge in [0.25, 0.3) is 0 Å². The normalized spacial score (nSPS) is 16.7. The maximum absolute atomic E-state index is 11.8. The first-order chi connectivity index (χ1) is 14.1. The van der Waals surface area contributed by atoms with Crippen molar-refractivity contribution in [2.24, 2.45) is 0 Å². The Balaban J connectivity index is 2.29. The Morgan fingerprint density at radius 1 is 1.14 bits per heavy atom. The molecule has 1 aliphatic heterocycles. The zero-order chi connectivity index (χ0) is 20.9. The summed E-state index contributed by atoms with van der Waals surface area (Å²) >= 11 is 0. The molecule has 6 heteroatoms. The number of benzene rings is 1. The van der Waals surface area contributed by atoms with Gasteiger partial charge in [-0.05, 0) is 30.2 Å². The van der Waals surface area contributed by atoms with Crippen LogP contribution < -0.4 is 14.2 Å². The van der Waals surface area contributed by atoms with E-state index in [-0.39, 0.29) is 12.4 Å². The van der Waals surface area contributed by atoms with Crippen molar-refractivity contribution < 1.29 is 23.8 Å². The first-order valence-electron chi connectivity index (χ1n) is 9.42. The maximum Gasteiger partial charge on any atom is 0.210 e. The third-order valence-electron chi connectivity index (χ3n) is 5.08. The predicted molar refractivity (Wildman–Crippen MR) is 110 cm³/mol. The van der Waals surface area contributed by atoms with Crippen molar-refractivity contribution in [3.63, 3.8) is 0 Å². The van der Waals surface area contributed by atoms with E-state index in [0.717, 1.165) is 17.5 Å². The molecule has 0 fully saturated rings. The lowest BCUT2D eigenvalue weighted by molar-refractivity contribution is -0.118. The van der Waals surface area contributed by atoms with E-state index in [2.05, 4.69) is 13.2 Å². The molecule has 2 aliphatic rings. The van der Waals surface area contributed by atoms with Crippen molar-refractivity contribution in [2.75, 3.05) is 26.9 Å². The minimum Gasteiger partial charge on any atom is -0.490 e. The van der Waals surface area contributed by atoms with Crippen molar-refractivity contribution in [1.29, 1.82) is 0 Å². The van der Waals surface area contributed by atoms with E-state index in [0.29, 0.717) is 43.4 Å². The molecule has 0 bridgehead atoms. The summed E-state index contributed by atoms with van der Waals surface area (Å²) in [5.41, 5.74) is 1.14. The van der Waals surface area contributed by atoms with Crippen molar-refractivity contribution in [1.82, 2.24) is 4.90 Å². The number of ether oxygens (including phenoxy) is 3. The number of hydrogen-bond donors (Lipinski definition) is 0. The van der Waals surface area contributed by atoms with Crippen molar-refractivity contribution >= 4 is 12.2 Å². The molecule has 0 saturated carbocycles. The summed E-state index contributed by atoms with van der Waals surface area (Å²) in [5.74, 6) is 1.43. The van der Waals surface area contributed by atoms with E-state index >= 15 is 0 Å². The van der Waals surface area contributed by atoms with Gasteiger partial charge in [0.15, 0.2) is 17.3 Å². The minimum absolute atomic E-state index is 0.0693. The van der Waals surface area contributed by atoms with Crippen LogP contribution in [-0.2, 0) is 21.5 Å². The number of ketones is 1. The summed E-state index contributed by atoms with van der Waals surface area (Å²) in [6, 6.07) is 1.88. The molecule has 152 valence electrons. The number of amides is 1. The number of nitrogens with zero attached hydrogens (tertiary/aromatic N) is 1. The Morgan fingerprint density at radius 3 is 2.45 bits per heavy atom. The molecule has 6 nitrogen and oxygen atoms in total. The number of carbonyl (C=O) groups excluding carboxylic acids is 2. The molecule has 1 aromatic carbocycles. The summed E-state index contributed by atoms with van der Waals surface area (Å²) < 4.78 is 17.6. The van der Waals surface area contributed by atoms with Gasteiger partial charge in [-0.2, -0.15) is 0 Å². The topological polar surface area (TPSA) is 65.1 Å². The average molecular weight is 395 g/mol. The van der Waals surface area contributed by atoms with Crippen LogP contribution in [0.4, 0.5) is 0 Å². The fourth-order valence-corrected chi connectivity index (χ4v) is 3.78. The second-order valence-electron chi connectivity index (χ2n) is 6.91. The van der Waals surface area contributed by atoms with Gasteiger partial charge in [-0.15, -0.1) is 0 Å². The second-order valence-corrected chi connectivity index (χ2v) is 6.91. The molecule has 0 saturated heterocycles. The zero-order valence-corrected chi connectivity index (χ0v) is 16.6. The number of hydrogen-bond acceptors (Lipinski definition) is 5. The lowest BCUT2D eigenvalue weighted by atomic mass is 9.73. The summed E-state index contributed by atoms with van der Waals surface area (Å²) in [7, 11) is 1.56. The van der Waals surface area contributed by atoms with Gasteiger partial charge in [0.2, 0.25) is 12.2 Å². The lowest BCUT2D eigenvalue weighted by Gasteiger charge is -2.32. The molecule has 1 spiro atoms. The van der Waals surface area contributed by atoms with E-state index in [1.165, 1.54) is 0 Å². The minimum atomic E-state index is -0.595. The van der Waals surface area contributed by atoms with Gasteiger partial charge >= 0.3 is 0 Å². The van der Waals surface area contributed by atoms with Crippen LogP contribution in [0.15, 0.2) is 55.7 Å². The molecular weight excluding hydrogens is 370 g/mol. The van der Waals surface area contributed by atoms with Gasteiger partial charge < -0.3 is 19.1 Å². The van der Waals surface area contributed by atoms with Crippen molar-refractivity contribution in [3.05, 3.63) is 66.8 Å². The third kappa shape index (κ3) is 3.97. The fraction of sp³-hybridized carbons (Fsp3) is 0.304. The van der Waals surface area contributed by atoms with E-state index in [9.17, 15) is 9.59 Å². The third-order valence-corrected chi connectivity index (χ3v) is 5.08. The van der Waals surface area contributed by atoms with Crippen LogP contribution in [0, 0.1) is 0 Å². The molecule has 3 rings (SSSR count). The predicted octanol–water partition coefficient (Wildman–Crippen LogP) is 3.12. The molecule has 0 aromatic heterocycles. The Hall–Kier alpha value is -3.28. The second kappa shape index (κ2) is 8.82. The van der Waals surface area contributed by atoms with Crippen LogP contribution in [-0.4, -0.2) is 44.0 Å². The SMILES string of the molecule is C=CCOc1cc2c(c(OCC=C)c1OC)C1(C=CC(=O)C=C1)CCN(C=O)C2. The van der Waals surface area contributed by atoms with Gasteiger partial charge in [0.1, 0.15) is 13.2 Å². The van der Waals surface area contributed by atoms with Crippen LogP contribution in [0.2, 0.25) is 0 Å². The number of carbonyl (C=O) groups is 2. The highest BCUT2D eigenvalue weighted by Crippen LogP contribution is 2.51. The number of fused-ring (bicyclic) bond motifs is 2. The fourth-order valence-electron chi connectivity index (χ4n) is 3.78. The quantitative estimate of drug-likeness (QED) is 0.500. The summed E-state index contributed by atoms with van der Waals surface area (Å²) in [4.78, 5) is 25.1. The molecule has 1 amide bonds. The zero-order valence-electron chi connectivity index (χ0n) is 16.6. The number of methoxy groups -OCH3 is 1. The van der Waals surface area contributed by atoms with E-state index in [1.807, 2.05) is 18.2 Å². The van der Waals surface area contributed by atoms with Gasteiger partial charge in [0.05, 0.1) is 7.11 Å². The van der Waals surface area contributed by atoms with E-state index < -0.39 is 5.41 Å². The highest BCUT2D eigenvalue weighted by molar-refractivity contribution is 6.01. The summed E-state index contributed by atoms with van der Waals surface area (Å²) in [6.45, 7) is 8.93. The van der Waals surface area contributed by atoms with Crippen LogP contribution in [0.1, 0.15) is 17.5 Å². The van der Waals surface area contributed by atoms with Crippen LogP contribution in [0.3, 0.4) is 0 Å². The Kier molecular flexibility index (Phi) is 6.22. The van der Waals surface area contributed by atoms with Gasteiger partial charge in [-0.1, -0.05) is 37.5 Å². The largest absolute Gasteiger partial charge is 0.490 e. The smallest absolute Gasteiger partial charge is 0.210 e. The first kappa shape index (κ1) is 20.5. The number of allylic oxidation sites excluding steroid dienone is 4. The monoisotopic (exact) mass is 395 g/mol. The molecule has 0 atom stereocenters. The molecular formula is C23H25NO5.